The number of hydrogen-bond donors (Lipinski definition) is 2. The molecule has 1 rings (SSSR count). The second-order valence-electron chi connectivity index (χ2n) is 3.77. The van der Waals surface area contributed by atoms with Crippen LogP contribution in [0.15, 0.2) is 28.7 Å². The average Bonchev–Trinajstić information content (AvgIpc) is 2.28. The van der Waals surface area contributed by atoms with Crippen molar-refractivity contribution in [3.63, 3.8) is 0 Å². The molecule has 0 aliphatic rings. The first-order valence-corrected chi connectivity index (χ1v) is 6.16. The first kappa shape index (κ1) is 13.2. The molecular formula is C12H17BrN2O. The lowest BCUT2D eigenvalue weighted by atomic mass is 10.1. The Morgan fingerprint density at radius 1 is 1.50 bits per heavy atom. The summed E-state index contributed by atoms with van der Waals surface area (Å²) in [6, 6.07) is 7.36. The highest BCUT2D eigenvalue weighted by Gasteiger charge is 2.15. The molecule has 0 bridgehead atoms. The second kappa shape index (κ2) is 6.01. The Morgan fingerprint density at radius 3 is 2.69 bits per heavy atom. The van der Waals surface area contributed by atoms with Crippen LogP contribution in [-0.4, -0.2) is 11.9 Å². The number of amides is 1. The molecule has 0 radical (unpaired) electrons. The van der Waals surface area contributed by atoms with E-state index in [1.807, 2.05) is 38.1 Å². The van der Waals surface area contributed by atoms with E-state index in [4.69, 9.17) is 5.73 Å². The average molecular weight is 285 g/mol. The van der Waals surface area contributed by atoms with Crippen LogP contribution in [0.4, 0.5) is 0 Å². The van der Waals surface area contributed by atoms with Crippen LogP contribution in [0.2, 0.25) is 0 Å². The van der Waals surface area contributed by atoms with E-state index in [1.165, 1.54) is 0 Å². The lowest BCUT2D eigenvalue weighted by Gasteiger charge is -2.18. The van der Waals surface area contributed by atoms with Crippen molar-refractivity contribution in [3.8, 4) is 0 Å². The molecular weight excluding hydrogens is 268 g/mol. The number of hydrogen-bond acceptors (Lipinski definition) is 2. The highest BCUT2D eigenvalue weighted by Crippen LogP contribution is 2.22. The molecule has 3 N–H and O–H groups in total. The third kappa shape index (κ3) is 3.32. The maximum Gasteiger partial charge on any atom is 0.237 e. The van der Waals surface area contributed by atoms with Crippen molar-refractivity contribution in [2.24, 2.45) is 5.73 Å². The molecule has 0 aromatic heterocycles. The third-order valence-electron chi connectivity index (χ3n) is 2.51. The van der Waals surface area contributed by atoms with E-state index in [2.05, 4.69) is 21.2 Å². The monoisotopic (exact) mass is 284 g/mol. The van der Waals surface area contributed by atoms with Gasteiger partial charge in [0, 0.05) is 4.47 Å². The van der Waals surface area contributed by atoms with Crippen molar-refractivity contribution in [2.45, 2.75) is 32.4 Å². The van der Waals surface area contributed by atoms with Crippen LogP contribution in [-0.2, 0) is 4.79 Å². The first-order chi connectivity index (χ1) is 7.56. The van der Waals surface area contributed by atoms with Gasteiger partial charge >= 0.3 is 0 Å². The highest BCUT2D eigenvalue weighted by molar-refractivity contribution is 9.10. The Morgan fingerprint density at radius 2 is 2.12 bits per heavy atom. The predicted molar refractivity (Wildman–Crippen MR) is 69.0 cm³/mol. The molecule has 1 aromatic rings. The van der Waals surface area contributed by atoms with E-state index in [0.29, 0.717) is 6.42 Å². The number of rotatable bonds is 4. The molecule has 0 heterocycles. The molecule has 0 aliphatic carbocycles. The number of nitrogens with two attached hydrogens (primary N) is 1. The topological polar surface area (TPSA) is 55.1 Å². The van der Waals surface area contributed by atoms with Crippen LogP contribution < -0.4 is 11.1 Å². The molecule has 16 heavy (non-hydrogen) atoms. The van der Waals surface area contributed by atoms with Gasteiger partial charge in [-0.15, -0.1) is 0 Å². The normalized spacial score (nSPS) is 14.2. The molecule has 0 fully saturated rings. The van der Waals surface area contributed by atoms with Crippen molar-refractivity contribution >= 4 is 21.8 Å². The summed E-state index contributed by atoms with van der Waals surface area (Å²) >= 11 is 3.46. The van der Waals surface area contributed by atoms with Crippen molar-refractivity contribution in [1.29, 1.82) is 0 Å². The molecule has 0 spiro atoms. The third-order valence-corrected chi connectivity index (χ3v) is 3.23. The van der Waals surface area contributed by atoms with Gasteiger partial charge in [0.2, 0.25) is 5.91 Å². The van der Waals surface area contributed by atoms with E-state index in [-0.39, 0.29) is 11.9 Å². The first-order valence-electron chi connectivity index (χ1n) is 5.36. The number of halogens is 1. The Kier molecular flexibility index (Phi) is 4.96. The Labute approximate surface area is 105 Å². The maximum atomic E-state index is 11.6. The molecule has 3 nitrogen and oxygen atoms in total. The predicted octanol–water partition coefficient (Wildman–Crippen LogP) is 2.36. The van der Waals surface area contributed by atoms with E-state index in [1.54, 1.807) is 0 Å². The summed E-state index contributed by atoms with van der Waals surface area (Å²) in [6.07, 6.45) is 0.647. The lowest BCUT2D eigenvalue weighted by molar-refractivity contribution is -0.123. The summed E-state index contributed by atoms with van der Waals surface area (Å²) in [4.78, 5) is 11.6. The molecule has 1 unspecified atom stereocenters. The van der Waals surface area contributed by atoms with Gasteiger partial charge in [0.25, 0.3) is 0 Å². The van der Waals surface area contributed by atoms with Gasteiger partial charge in [0.1, 0.15) is 0 Å². The fraction of sp³-hybridized carbons (Fsp3) is 0.417. The molecule has 2 atom stereocenters. The van der Waals surface area contributed by atoms with Crippen LogP contribution >= 0.6 is 15.9 Å². The van der Waals surface area contributed by atoms with E-state index in [0.717, 1.165) is 10.0 Å². The second-order valence-corrected chi connectivity index (χ2v) is 4.62. The molecule has 0 saturated carbocycles. The summed E-state index contributed by atoms with van der Waals surface area (Å²) < 4.78 is 0.993. The fourth-order valence-corrected chi connectivity index (χ4v) is 2.04. The molecule has 1 amide bonds. The summed E-state index contributed by atoms with van der Waals surface area (Å²) in [5.74, 6) is -0.106. The Bertz CT molecular complexity index is 368. The summed E-state index contributed by atoms with van der Waals surface area (Å²) in [6.45, 7) is 3.84. The zero-order valence-electron chi connectivity index (χ0n) is 9.53. The minimum Gasteiger partial charge on any atom is -0.348 e. The van der Waals surface area contributed by atoms with Crippen LogP contribution in [0.1, 0.15) is 31.9 Å². The van der Waals surface area contributed by atoms with Gasteiger partial charge in [-0.1, -0.05) is 41.1 Å². The Balaban J connectivity index is 2.69. The van der Waals surface area contributed by atoms with Gasteiger partial charge in [-0.3, -0.25) is 4.79 Å². The minimum absolute atomic E-state index is 0.0410. The molecule has 0 saturated heterocycles. The Hall–Kier alpha value is -0.870. The summed E-state index contributed by atoms with van der Waals surface area (Å²) in [5, 5.41) is 2.89. The fourth-order valence-electron chi connectivity index (χ4n) is 1.41. The van der Waals surface area contributed by atoms with Crippen molar-refractivity contribution < 1.29 is 4.79 Å². The summed E-state index contributed by atoms with van der Waals surface area (Å²) in [7, 11) is 0. The number of benzene rings is 1. The number of carbonyl (C=O) groups is 1. The maximum absolute atomic E-state index is 11.6. The lowest BCUT2D eigenvalue weighted by Crippen LogP contribution is -2.41. The van der Waals surface area contributed by atoms with Crippen LogP contribution in [0.5, 0.6) is 0 Å². The zero-order chi connectivity index (χ0) is 12.1. The van der Waals surface area contributed by atoms with Crippen LogP contribution in [0.3, 0.4) is 0 Å². The molecule has 0 aliphatic heterocycles. The van der Waals surface area contributed by atoms with E-state index in [9.17, 15) is 4.79 Å². The quantitative estimate of drug-likeness (QED) is 0.892. The van der Waals surface area contributed by atoms with Gasteiger partial charge in [-0.25, -0.2) is 0 Å². The smallest absolute Gasteiger partial charge is 0.237 e. The minimum atomic E-state index is -0.426. The van der Waals surface area contributed by atoms with E-state index < -0.39 is 6.04 Å². The van der Waals surface area contributed by atoms with Crippen LogP contribution in [0.25, 0.3) is 0 Å². The zero-order valence-corrected chi connectivity index (χ0v) is 11.1. The largest absolute Gasteiger partial charge is 0.348 e. The van der Waals surface area contributed by atoms with Crippen molar-refractivity contribution in [1.82, 2.24) is 5.32 Å². The van der Waals surface area contributed by atoms with Gasteiger partial charge < -0.3 is 11.1 Å². The standard InChI is InChI=1S/C12H17BrN2O/c1-3-11(14)12(16)15-8(2)9-6-4-5-7-10(9)13/h4-8,11H,3,14H2,1-2H3,(H,15,16)/t8?,11-/m0/s1. The van der Waals surface area contributed by atoms with Gasteiger partial charge in [-0.05, 0) is 25.0 Å². The molecule has 4 heteroatoms. The van der Waals surface area contributed by atoms with Crippen molar-refractivity contribution in [2.75, 3.05) is 0 Å². The number of carbonyl (C=O) groups excluding carboxylic acids is 1. The summed E-state index contributed by atoms with van der Waals surface area (Å²) in [5.41, 5.74) is 6.71. The number of nitrogens with one attached hydrogen (secondary N) is 1. The van der Waals surface area contributed by atoms with Gasteiger partial charge in [0.05, 0.1) is 12.1 Å². The van der Waals surface area contributed by atoms with E-state index >= 15 is 0 Å². The van der Waals surface area contributed by atoms with Crippen molar-refractivity contribution in [3.05, 3.63) is 34.3 Å². The highest BCUT2D eigenvalue weighted by atomic mass is 79.9. The van der Waals surface area contributed by atoms with Gasteiger partial charge in [0.15, 0.2) is 0 Å². The molecule has 88 valence electrons. The molecule has 1 aromatic carbocycles. The van der Waals surface area contributed by atoms with Crippen LogP contribution in [0, 0.1) is 0 Å². The SMILES string of the molecule is CC[C@H](N)C(=O)NC(C)c1ccccc1Br. The van der Waals surface area contributed by atoms with Gasteiger partial charge in [-0.2, -0.15) is 0 Å².